The largest absolute Gasteiger partial charge is 0.361 e. The van der Waals surface area contributed by atoms with Crippen molar-refractivity contribution in [2.24, 2.45) is 0 Å². The van der Waals surface area contributed by atoms with E-state index < -0.39 is 10.0 Å². The molecule has 1 aromatic carbocycles. The fourth-order valence-corrected chi connectivity index (χ4v) is 5.05. The summed E-state index contributed by atoms with van der Waals surface area (Å²) in [5, 5.41) is 4.49. The van der Waals surface area contributed by atoms with Crippen molar-refractivity contribution >= 4 is 33.2 Å². The number of aryl methyl sites for hydroxylation is 2. The summed E-state index contributed by atoms with van der Waals surface area (Å²) in [4.78, 5) is 2.25. The molecule has 9 heteroatoms. The lowest BCUT2D eigenvalue weighted by atomic mass is 10.2. The molecule has 1 fully saturated rings. The van der Waals surface area contributed by atoms with Crippen LogP contribution in [0.3, 0.4) is 0 Å². The molecule has 1 aliphatic heterocycles. The van der Waals surface area contributed by atoms with Crippen LogP contribution in [0.25, 0.3) is 0 Å². The molecule has 1 saturated heterocycles. The van der Waals surface area contributed by atoms with Crippen LogP contribution < -0.4 is 0 Å². The van der Waals surface area contributed by atoms with Gasteiger partial charge < -0.3 is 4.52 Å². The summed E-state index contributed by atoms with van der Waals surface area (Å²) >= 11 is 12.0. The zero-order chi connectivity index (χ0) is 18.2. The van der Waals surface area contributed by atoms with Crippen molar-refractivity contribution in [2.75, 3.05) is 26.2 Å². The number of hydrogen-bond acceptors (Lipinski definition) is 5. The van der Waals surface area contributed by atoms with Gasteiger partial charge in [-0.3, -0.25) is 4.90 Å². The number of rotatable bonds is 4. The first-order valence-corrected chi connectivity index (χ1v) is 10.1. The molecule has 0 saturated carbocycles. The van der Waals surface area contributed by atoms with Crippen LogP contribution in [-0.4, -0.2) is 49.0 Å². The van der Waals surface area contributed by atoms with E-state index in [1.807, 2.05) is 13.8 Å². The number of piperazine rings is 1. The SMILES string of the molecule is Cc1noc(C)c1CN1CCN(S(=O)(=O)c2cc(Cl)ccc2Cl)CC1. The molecular formula is C16H19Cl2N3O3S. The monoisotopic (exact) mass is 403 g/mol. The Morgan fingerprint density at radius 3 is 2.44 bits per heavy atom. The second kappa shape index (κ2) is 7.25. The van der Waals surface area contributed by atoms with Crippen molar-refractivity contribution in [1.29, 1.82) is 0 Å². The molecule has 0 atom stereocenters. The summed E-state index contributed by atoms with van der Waals surface area (Å²) in [6.45, 7) is 6.55. The van der Waals surface area contributed by atoms with E-state index in [0.717, 1.165) is 17.0 Å². The maximum absolute atomic E-state index is 12.8. The van der Waals surface area contributed by atoms with E-state index in [2.05, 4.69) is 10.1 Å². The van der Waals surface area contributed by atoms with E-state index in [9.17, 15) is 8.42 Å². The molecule has 3 rings (SSSR count). The first-order chi connectivity index (χ1) is 11.8. The average molecular weight is 404 g/mol. The molecule has 2 aromatic rings. The van der Waals surface area contributed by atoms with Crippen molar-refractivity contribution < 1.29 is 12.9 Å². The van der Waals surface area contributed by atoms with Crippen LogP contribution in [0.15, 0.2) is 27.6 Å². The van der Waals surface area contributed by atoms with Gasteiger partial charge in [0.2, 0.25) is 10.0 Å². The number of sulfonamides is 1. The summed E-state index contributed by atoms with van der Waals surface area (Å²) in [6, 6.07) is 4.48. The highest BCUT2D eigenvalue weighted by molar-refractivity contribution is 7.89. The van der Waals surface area contributed by atoms with Crippen LogP contribution in [0.1, 0.15) is 17.0 Å². The molecule has 0 amide bonds. The highest BCUT2D eigenvalue weighted by Crippen LogP contribution is 2.28. The second-order valence-electron chi connectivity index (χ2n) is 6.06. The van der Waals surface area contributed by atoms with Crippen molar-refractivity contribution in [3.63, 3.8) is 0 Å². The molecule has 0 unspecified atom stereocenters. The molecule has 0 bridgehead atoms. The summed E-state index contributed by atoms with van der Waals surface area (Å²) in [5.74, 6) is 0.804. The minimum absolute atomic E-state index is 0.0563. The Labute approximate surface area is 157 Å². The number of benzene rings is 1. The van der Waals surface area contributed by atoms with Crippen molar-refractivity contribution in [3.8, 4) is 0 Å². The molecule has 0 aliphatic carbocycles. The number of nitrogens with zero attached hydrogens (tertiary/aromatic N) is 3. The number of aromatic nitrogens is 1. The molecule has 25 heavy (non-hydrogen) atoms. The summed E-state index contributed by atoms with van der Waals surface area (Å²) < 4.78 is 32.3. The molecule has 0 N–H and O–H groups in total. The van der Waals surface area contributed by atoms with Crippen LogP contribution in [0, 0.1) is 13.8 Å². The summed E-state index contributed by atoms with van der Waals surface area (Å²) in [5.41, 5.74) is 1.94. The smallest absolute Gasteiger partial charge is 0.244 e. The molecule has 1 aromatic heterocycles. The van der Waals surface area contributed by atoms with Crippen molar-refractivity contribution in [3.05, 3.63) is 45.3 Å². The minimum atomic E-state index is -3.66. The van der Waals surface area contributed by atoms with Gasteiger partial charge in [0.25, 0.3) is 0 Å². The molecule has 1 aliphatic rings. The van der Waals surface area contributed by atoms with Crippen LogP contribution in [0.4, 0.5) is 0 Å². The molecule has 0 spiro atoms. The van der Waals surface area contributed by atoms with Crippen LogP contribution in [-0.2, 0) is 16.6 Å². The fraction of sp³-hybridized carbons (Fsp3) is 0.438. The first kappa shape index (κ1) is 18.7. The highest BCUT2D eigenvalue weighted by atomic mass is 35.5. The van der Waals surface area contributed by atoms with E-state index in [-0.39, 0.29) is 9.92 Å². The van der Waals surface area contributed by atoms with Crippen LogP contribution in [0.2, 0.25) is 10.0 Å². The van der Waals surface area contributed by atoms with Gasteiger partial charge in [0, 0.05) is 43.3 Å². The van der Waals surface area contributed by atoms with Gasteiger partial charge in [-0.15, -0.1) is 0 Å². The van der Waals surface area contributed by atoms with Gasteiger partial charge in [-0.05, 0) is 32.0 Å². The Bertz CT molecular complexity index is 855. The van der Waals surface area contributed by atoms with Gasteiger partial charge in [-0.1, -0.05) is 28.4 Å². The second-order valence-corrected chi connectivity index (χ2v) is 8.81. The molecule has 136 valence electrons. The Balaban J connectivity index is 1.70. The maximum Gasteiger partial charge on any atom is 0.244 e. The van der Waals surface area contributed by atoms with Crippen LogP contribution >= 0.6 is 23.2 Å². The predicted octanol–water partition coefficient (Wildman–Crippen LogP) is 3.10. The lowest BCUT2D eigenvalue weighted by molar-refractivity contribution is 0.180. The Kier molecular flexibility index (Phi) is 5.41. The molecule has 6 nitrogen and oxygen atoms in total. The van der Waals surface area contributed by atoms with Crippen molar-refractivity contribution in [2.45, 2.75) is 25.3 Å². The van der Waals surface area contributed by atoms with E-state index >= 15 is 0 Å². The topological polar surface area (TPSA) is 66.7 Å². The first-order valence-electron chi connectivity index (χ1n) is 7.88. The summed E-state index contributed by atoms with van der Waals surface area (Å²) in [7, 11) is -3.66. The van der Waals surface area contributed by atoms with Gasteiger partial charge in [-0.2, -0.15) is 4.31 Å². The third-order valence-electron chi connectivity index (χ3n) is 4.41. The standard InChI is InChI=1S/C16H19Cl2N3O3S/c1-11-14(12(2)24-19-11)10-20-5-7-21(8-6-20)25(22,23)16-9-13(17)3-4-15(16)18/h3-4,9H,5-8,10H2,1-2H3. The predicted molar refractivity (Wildman–Crippen MR) is 96.5 cm³/mol. The van der Waals surface area contributed by atoms with E-state index in [4.69, 9.17) is 27.7 Å². The van der Waals surface area contributed by atoms with Gasteiger partial charge in [-0.25, -0.2) is 8.42 Å². The third-order valence-corrected chi connectivity index (χ3v) is 7.02. The van der Waals surface area contributed by atoms with E-state index in [0.29, 0.717) is 37.7 Å². The zero-order valence-corrected chi connectivity index (χ0v) is 16.3. The zero-order valence-electron chi connectivity index (χ0n) is 14.0. The van der Waals surface area contributed by atoms with Gasteiger partial charge >= 0.3 is 0 Å². The Morgan fingerprint density at radius 2 is 1.84 bits per heavy atom. The summed E-state index contributed by atoms with van der Waals surface area (Å²) in [6.07, 6.45) is 0. The molecular weight excluding hydrogens is 385 g/mol. The fourth-order valence-electron chi connectivity index (χ4n) is 2.89. The number of hydrogen-bond donors (Lipinski definition) is 0. The lowest BCUT2D eigenvalue weighted by Gasteiger charge is -2.34. The van der Waals surface area contributed by atoms with Gasteiger partial charge in [0.15, 0.2) is 0 Å². The minimum Gasteiger partial charge on any atom is -0.361 e. The van der Waals surface area contributed by atoms with Crippen molar-refractivity contribution in [1.82, 2.24) is 14.4 Å². The average Bonchev–Trinajstić information content (AvgIpc) is 2.89. The van der Waals surface area contributed by atoms with Crippen LogP contribution in [0.5, 0.6) is 0 Å². The third kappa shape index (κ3) is 3.85. The van der Waals surface area contributed by atoms with Gasteiger partial charge in [0.05, 0.1) is 10.7 Å². The molecule has 2 heterocycles. The van der Waals surface area contributed by atoms with E-state index in [1.54, 1.807) is 6.07 Å². The lowest BCUT2D eigenvalue weighted by Crippen LogP contribution is -2.48. The normalized spacial score (nSPS) is 17.1. The maximum atomic E-state index is 12.8. The van der Waals surface area contributed by atoms with Gasteiger partial charge in [0.1, 0.15) is 10.7 Å². The van der Waals surface area contributed by atoms with E-state index in [1.165, 1.54) is 16.4 Å². The number of halogens is 2. The Morgan fingerprint density at radius 1 is 1.16 bits per heavy atom. The molecule has 0 radical (unpaired) electrons. The highest BCUT2D eigenvalue weighted by Gasteiger charge is 2.30. The Hall–Kier alpha value is -1.12. The quantitative estimate of drug-likeness (QED) is 0.784.